The molecule has 0 aromatic carbocycles. The highest BCUT2D eigenvalue weighted by atomic mass is 79.9. The molecule has 0 saturated heterocycles. The Balaban J connectivity index is 3.49. The molecule has 0 spiro atoms. The lowest BCUT2D eigenvalue weighted by Crippen LogP contribution is -2.03. The number of aromatic nitrogens is 1. The van der Waals surface area contributed by atoms with Gasteiger partial charge in [-0.2, -0.15) is 0 Å². The van der Waals surface area contributed by atoms with Gasteiger partial charge in [0.1, 0.15) is 5.56 Å². The Labute approximate surface area is 96.5 Å². The topological polar surface area (TPSA) is 56.0 Å². The van der Waals surface area contributed by atoms with Gasteiger partial charge in [0.15, 0.2) is 6.20 Å². The van der Waals surface area contributed by atoms with Crippen molar-refractivity contribution in [3.63, 3.8) is 0 Å². The maximum absolute atomic E-state index is 12.6. The van der Waals surface area contributed by atoms with Crippen molar-refractivity contribution in [2.75, 3.05) is 0 Å². The summed E-state index contributed by atoms with van der Waals surface area (Å²) in [5.74, 6) is -0.858. The minimum absolute atomic E-state index is 0.00614. The smallest absolute Gasteiger partial charge is 0.358 e. The molecular weight excluding hydrogens is 297 g/mol. The maximum Gasteiger partial charge on any atom is 0.372 e. The molecule has 0 fully saturated rings. The molecule has 1 aromatic heterocycles. The van der Waals surface area contributed by atoms with Crippen LogP contribution >= 0.6 is 27.5 Å². The normalized spacial score (nSPS) is 10.7. The summed E-state index contributed by atoms with van der Waals surface area (Å²) in [6.45, 7) is 0. The van der Waals surface area contributed by atoms with E-state index in [2.05, 4.69) is 20.9 Å². The van der Waals surface area contributed by atoms with Crippen molar-refractivity contribution in [3.8, 4) is 0 Å². The predicted octanol–water partition coefficient (Wildman–Crippen LogP) is 3.48. The van der Waals surface area contributed by atoms with Gasteiger partial charge in [-0.05, 0) is 9.91 Å². The van der Waals surface area contributed by atoms with E-state index in [0.717, 1.165) is 6.20 Å². The van der Waals surface area contributed by atoms with E-state index in [0.29, 0.717) is 0 Å². The van der Waals surface area contributed by atoms with Crippen molar-refractivity contribution in [2.24, 2.45) is 0 Å². The third-order valence-corrected chi connectivity index (χ3v) is 2.57. The molecule has 0 aliphatic rings. The van der Waals surface area contributed by atoms with Crippen molar-refractivity contribution in [1.29, 1.82) is 0 Å². The molecule has 1 aromatic rings. The van der Waals surface area contributed by atoms with Gasteiger partial charge in [-0.3, -0.25) is 0 Å². The van der Waals surface area contributed by atoms with Crippen molar-refractivity contribution >= 4 is 33.3 Å². The SMILES string of the molecule is O=[N+]([O-])c1ncc(Cl)c(CBr)c1C(F)F. The molecule has 0 radical (unpaired) electrons. The van der Waals surface area contributed by atoms with Crippen LogP contribution in [0.25, 0.3) is 0 Å². The summed E-state index contributed by atoms with van der Waals surface area (Å²) in [4.78, 5) is 12.8. The third-order valence-electron chi connectivity index (χ3n) is 1.68. The van der Waals surface area contributed by atoms with E-state index in [4.69, 9.17) is 11.6 Å². The third kappa shape index (κ3) is 2.40. The second-order valence-corrected chi connectivity index (χ2v) is 3.48. The lowest BCUT2D eigenvalue weighted by atomic mass is 10.1. The van der Waals surface area contributed by atoms with Crippen molar-refractivity contribution in [3.05, 3.63) is 32.5 Å². The molecule has 0 unspecified atom stereocenters. The first-order valence-corrected chi connectivity index (χ1v) is 5.14. The molecule has 0 amide bonds. The van der Waals surface area contributed by atoms with Crippen molar-refractivity contribution < 1.29 is 13.7 Å². The van der Waals surface area contributed by atoms with Gasteiger partial charge in [-0.25, -0.2) is 8.78 Å². The molecule has 0 aliphatic carbocycles. The summed E-state index contributed by atoms with van der Waals surface area (Å²) in [6.07, 6.45) is -1.99. The first-order chi connectivity index (χ1) is 6.99. The Hall–Kier alpha value is -0.820. The number of hydrogen-bond donors (Lipinski definition) is 0. The Morgan fingerprint density at radius 2 is 2.27 bits per heavy atom. The van der Waals surface area contributed by atoms with Gasteiger partial charge in [0.25, 0.3) is 6.43 Å². The van der Waals surface area contributed by atoms with Crippen molar-refractivity contribution in [2.45, 2.75) is 11.8 Å². The number of halogens is 4. The van der Waals surface area contributed by atoms with Crippen molar-refractivity contribution in [1.82, 2.24) is 4.98 Å². The number of pyridine rings is 1. The number of nitro groups is 1. The fraction of sp³-hybridized carbons (Fsp3) is 0.286. The van der Waals surface area contributed by atoms with Crippen LogP contribution in [-0.4, -0.2) is 9.91 Å². The zero-order chi connectivity index (χ0) is 11.6. The Morgan fingerprint density at radius 3 is 2.67 bits per heavy atom. The zero-order valence-electron chi connectivity index (χ0n) is 7.08. The second kappa shape index (κ2) is 4.80. The minimum Gasteiger partial charge on any atom is -0.358 e. The quantitative estimate of drug-likeness (QED) is 0.488. The number of alkyl halides is 3. The maximum atomic E-state index is 12.6. The van der Waals surface area contributed by atoms with E-state index in [1.54, 1.807) is 0 Å². The number of hydrogen-bond acceptors (Lipinski definition) is 3. The van der Waals surface area contributed by atoms with Gasteiger partial charge in [0.2, 0.25) is 0 Å². The van der Waals surface area contributed by atoms with Gasteiger partial charge < -0.3 is 10.1 Å². The van der Waals surface area contributed by atoms with Gasteiger partial charge in [0.05, 0.1) is 5.02 Å². The molecule has 0 bridgehead atoms. The molecule has 0 saturated carbocycles. The number of nitrogens with zero attached hydrogens (tertiary/aromatic N) is 2. The molecule has 8 heteroatoms. The summed E-state index contributed by atoms with van der Waals surface area (Å²) in [6, 6.07) is 0. The summed E-state index contributed by atoms with van der Waals surface area (Å²) in [5, 5.41) is 10.4. The monoisotopic (exact) mass is 300 g/mol. The van der Waals surface area contributed by atoms with Crippen LogP contribution in [0, 0.1) is 10.1 Å². The van der Waals surface area contributed by atoms with Gasteiger partial charge in [-0.15, -0.1) is 0 Å². The molecule has 4 nitrogen and oxygen atoms in total. The van der Waals surface area contributed by atoms with E-state index in [1.807, 2.05) is 0 Å². The summed E-state index contributed by atoms with van der Waals surface area (Å²) in [7, 11) is 0. The largest absolute Gasteiger partial charge is 0.372 e. The highest BCUT2D eigenvalue weighted by Crippen LogP contribution is 2.35. The lowest BCUT2D eigenvalue weighted by Gasteiger charge is -2.07. The van der Waals surface area contributed by atoms with E-state index in [1.165, 1.54) is 0 Å². The Kier molecular flexibility index (Phi) is 3.92. The molecule has 0 atom stereocenters. The molecular formula is C7H4BrClF2N2O2. The first-order valence-electron chi connectivity index (χ1n) is 3.64. The van der Waals surface area contributed by atoms with Crippen LogP contribution in [0.2, 0.25) is 5.02 Å². The van der Waals surface area contributed by atoms with Crippen LogP contribution in [0.4, 0.5) is 14.6 Å². The molecule has 0 aliphatic heterocycles. The van der Waals surface area contributed by atoms with Crippen LogP contribution in [0.3, 0.4) is 0 Å². The van der Waals surface area contributed by atoms with E-state index >= 15 is 0 Å². The second-order valence-electron chi connectivity index (χ2n) is 2.51. The zero-order valence-corrected chi connectivity index (χ0v) is 9.43. The molecule has 1 rings (SSSR count). The van der Waals surface area contributed by atoms with E-state index in [-0.39, 0.29) is 15.9 Å². The highest BCUT2D eigenvalue weighted by Gasteiger charge is 2.28. The van der Waals surface area contributed by atoms with Gasteiger partial charge in [-0.1, -0.05) is 27.5 Å². The average molecular weight is 301 g/mol. The molecule has 0 N–H and O–H groups in total. The summed E-state index contributed by atoms with van der Waals surface area (Å²) in [5.41, 5.74) is -0.738. The average Bonchev–Trinajstić information content (AvgIpc) is 2.16. The molecule has 1 heterocycles. The van der Waals surface area contributed by atoms with Crippen LogP contribution in [0.15, 0.2) is 6.20 Å². The van der Waals surface area contributed by atoms with Crippen LogP contribution < -0.4 is 0 Å². The van der Waals surface area contributed by atoms with E-state index < -0.39 is 22.7 Å². The van der Waals surface area contributed by atoms with E-state index in [9.17, 15) is 18.9 Å². The lowest BCUT2D eigenvalue weighted by molar-refractivity contribution is -0.391. The first kappa shape index (κ1) is 12.3. The van der Waals surface area contributed by atoms with Crippen LogP contribution in [-0.2, 0) is 5.33 Å². The highest BCUT2D eigenvalue weighted by molar-refractivity contribution is 9.08. The summed E-state index contributed by atoms with van der Waals surface area (Å²) >= 11 is 8.54. The molecule has 15 heavy (non-hydrogen) atoms. The fourth-order valence-corrected chi connectivity index (χ4v) is 2.02. The predicted molar refractivity (Wildman–Crippen MR) is 53.5 cm³/mol. The summed E-state index contributed by atoms with van der Waals surface area (Å²) < 4.78 is 25.2. The minimum atomic E-state index is -2.98. The molecule has 82 valence electrons. The van der Waals surface area contributed by atoms with Gasteiger partial charge >= 0.3 is 5.82 Å². The van der Waals surface area contributed by atoms with Crippen LogP contribution in [0.1, 0.15) is 17.6 Å². The number of rotatable bonds is 3. The standard InChI is InChI=1S/C7H4BrClF2N2O2/c8-1-3-4(9)2-12-7(13(14)15)5(3)6(10)11/h2,6H,1H2. The van der Waals surface area contributed by atoms with Crippen LogP contribution in [0.5, 0.6) is 0 Å². The Morgan fingerprint density at radius 1 is 1.67 bits per heavy atom. The van der Waals surface area contributed by atoms with Gasteiger partial charge in [0, 0.05) is 10.9 Å². The fourth-order valence-electron chi connectivity index (χ4n) is 1.04. The Bertz CT molecular complexity index is 403.